The molecule has 114 valence electrons. The Bertz CT molecular complexity index is 631. The lowest BCUT2D eigenvalue weighted by Crippen LogP contribution is -2.27. The number of hydrogen-bond donors (Lipinski definition) is 2. The molecule has 0 aromatic carbocycles. The quantitative estimate of drug-likeness (QED) is 0.787. The van der Waals surface area contributed by atoms with Crippen molar-refractivity contribution in [2.75, 3.05) is 13.1 Å². The summed E-state index contributed by atoms with van der Waals surface area (Å²) >= 11 is 1.55. The van der Waals surface area contributed by atoms with Gasteiger partial charge in [-0.05, 0) is 33.7 Å². The molecule has 3 N–H and O–H groups in total. The van der Waals surface area contributed by atoms with Crippen LogP contribution in [0.1, 0.15) is 29.1 Å². The van der Waals surface area contributed by atoms with Crippen LogP contribution in [-0.2, 0) is 11.2 Å². The van der Waals surface area contributed by atoms with Crippen molar-refractivity contribution < 1.29 is 4.79 Å². The maximum Gasteiger partial charge on any atom is 0.224 e. The molecule has 6 nitrogen and oxygen atoms in total. The third-order valence-corrected chi connectivity index (χ3v) is 4.20. The normalized spacial score (nSPS) is 10.9. The molecule has 0 spiro atoms. The van der Waals surface area contributed by atoms with E-state index in [4.69, 9.17) is 5.73 Å². The molecule has 0 bridgehead atoms. The summed E-state index contributed by atoms with van der Waals surface area (Å²) < 4.78 is 1.81. The molecule has 2 aromatic rings. The van der Waals surface area contributed by atoms with Crippen LogP contribution in [0.5, 0.6) is 0 Å². The summed E-state index contributed by atoms with van der Waals surface area (Å²) in [5.41, 5.74) is 9.19. The van der Waals surface area contributed by atoms with E-state index in [0.29, 0.717) is 19.5 Å². The van der Waals surface area contributed by atoms with Crippen LogP contribution in [0.25, 0.3) is 5.13 Å². The monoisotopic (exact) mass is 307 g/mol. The molecular formula is C14H21N5OS. The number of nitrogens with zero attached hydrogens (tertiary/aromatic N) is 3. The van der Waals surface area contributed by atoms with Crippen molar-refractivity contribution in [1.82, 2.24) is 20.1 Å². The Morgan fingerprint density at radius 3 is 2.81 bits per heavy atom. The maximum atomic E-state index is 11.9. The van der Waals surface area contributed by atoms with Gasteiger partial charge in [0.15, 0.2) is 0 Å². The lowest BCUT2D eigenvalue weighted by Gasteiger charge is -2.05. The Balaban J connectivity index is 2.14. The van der Waals surface area contributed by atoms with E-state index in [1.807, 2.05) is 30.8 Å². The van der Waals surface area contributed by atoms with E-state index in [2.05, 4.69) is 15.4 Å². The molecule has 2 aromatic heterocycles. The van der Waals surface area contributed by atoms with Crippen molar-refractivity contribution >= 4 is 17.2 Å². The summed E-state index contributed by atoms with van der Waals surface area (Å²) in [5.74, 6) is 0.00418. The van der Waals surface area contributed by atoms with Gasteiger partial charge in [-0.15, -0.1) is 11.3 Å². The van der Waals surface area contributed by atoms with Gasteiger partial charge in [0.1, 0.15) is 0 Å². The van der Waals surface area contributed by atoms with Crippen LogP contribution >= 0.6 is 11.3 Å². The number of hydrogen-bond acceptors (Lipinski definition) is 5. The predicted molar refractivity (Wildman–Crippen MR) is 83.8 cm³/mol. The van der Waals surface area contributed by atoms with Gasteiger partial charge in [0.05, 0.1) is 17.8 Å². The van der Waals surface area contributed by atoms with Crippen molar-refractivity contribution in [3.05, 3.63) is 28.0 Å². The van der Waals surface area contributed by atoms with Crippen LogP contribution in [0.15, 0.2) is 5.38 Å². The summed E-state index contributed by atoms with van der Waals surface area (Å²) in [5, 5.41) is 10.2. The molecule has 0 fully saturated rings. The molecule has 0 unspecified atom stereocenters. The first kappa shape index (κ1) is 15.7. The molecule has 2 heterocycles. The smallest absolute Gasteiger partial charge is 0.224 e. The highest BCUT2D eigenvalue weighted by atomic mass is 32.1. The van der Waals surface area contributed by atoms with Gasteiger partial charge in [-0.25, -0.2) is 9.67 Å². The zero-order valence-electron chi connectivity index (χ0n) is 12.6. The molecule has 0 aliphatic heterocycles. The fraction of sp³-hybridized carbons (Fsp3) is 0.500. The second-order valence-corrected chi connectivity index (χ2v) is 5.84. The highest BCUT2D eigenvalue weighted by Crippen LogP contribution is 2.21. The Hall–Kier alpha value is -1.73. The van der Waals surface area contributed by atoms with Gasteiger partial charge in [-0.1, -0.05) is 0 Å². The average molecular weight is 307 g/mol. The lowest BCUT2D eigenvalue weighted by atomic mass is 10.1. The number of thiazole rings is 1. The first-order valence-electron chi connectivity index (χ1n) is 6.97. The highest BCUT2D eigenvalue weighted by molar-refractivity contribution is 7.12. The Labute approximate surface area is 128 Å². The van der Waals surface area contributed by atoms with Gasteiger partial charge in [-0.2, -0.15) is 5.10 Å². The summed E-state index contributed by atoms with van der Waals surface area (Å²) in [6.07, 6.45) is 1.13. The van der Waals surface area contributed by atoms with Crippen LogP contribution in [0.4, 0.5) is 0 Å². The van der Waals surface area contributed by atoms with E-state index in [0.717, 1.165) is 34.2 Å². The van der Waals surface area contributed by atoms with Crippen LogP contribution in [-0.4, -0.2) is 33.8 Å². The highest BCUT2D eigenvalue weighted by Gasteiger charge is 2.17. The van der Waals surface area contributed by atoms with Crippen molar-refractivity contribution in [3.63, 3.8) is 0 Å². The molecule has 2 rings (SSSR count). The number of nitrogens with two attached hydrogens (primary N) is 1. The van der Waals surface area contributed by atoms with E-state index in [1.54, 1.807) is 11.3 Å². The Morgan fingerprint density at radius 2 is 2.19 bits per heavy atom. The predicted octanol–water partition coefficient (Wildman–Crippen LogP) is 1.26. The molecule has 0 saturated heterocycles. The SMILES string of the molecule is Cc1csc(-n2nc(C)c(CC(=O)NCCCN)c2C)n1. The zero-order valence-corrected chi connectivity index (χ0v) is 13.5. The van der Waals surface area contributed by atoms with E-state index < -0.39 is 0 Å². The molecule has 1 amide bonds. The molecule has 7 heteroatoms. The Morgan fingerprint density at radius 1 is 1.43 bits per heavy atom. The Kier molecular flexibility index (Phi) is 5.08. The van der Waals surface area contributed by atoms with Gasteiger partial charge in [0.2, 0.25) is 11.0 Å². The van der Waals surface area contributed by atoms with Gasteiger partial charge >= 0.3 is 0 Å². The summed E-state index contributed by atoms with van der Waals surface area (Å²) in [4.78, 5) is 16.4. The molecule has 0 saturated carbocycles. The average Bonchev–Trinajstić information content (AvgIpc) is 2.97. The summed E-state index contributed by atoms with van der Waals surface area (Å²) in [6.45, 7) is 7.05. The van der Waals surface area contributed by atoms with Crippen molar-refractivity contribution in [3.8, 4) is 5.13 Å². The van der Waals surface area contributed by atoms with Crippen molar-refractivity contribution in [2.45, 2.75) is 33.6 Å². The number of aryl methyl sites for hydroxylation is 2. The van der Waals surface area contributed by atoms with E-state index in [1.165, 1.54) is 0 Å². The summed E-state index contributed by atoms with van der Waals surface area (Å²) in [6, 6.07) is 0. The third-order valence-electron chi connectivity index (χ3n) is 3.27. The number of carbonyl (C=O) groups is 1. The molecular weight excluding hydrogens is 286 g/mol. The first-order valence-corrected chi connectivity index (χ1v) is 7.85. The maximum absolute atomic E-state index is 11.9. The van der Waals surface area contributed by atoms with Gasteiger partial charge < -0.3 is 11.1 Å². The van der Waals surface area contributed by atoms with E-state index in [9.17, 15) is 4.79 Å². The van der Waals surface area contributed by atoms with E-state index in [-0.39, 0.29) is 5.91 Å². The minimum Gasteiger partial charge on any atom is -0.356 e. The van der Waals surface area contributed by atoms with Crippen LogP contribution < -0.4 is 11.1 Å². The lowest BCUT2D eigenvalue weighted by molar-refractivity contribution is -0.120. The second kappa shape index (κ2) is 6.82. The van der Waals surface area contributed by atoms with Gasteiger partial charge in [-0.3, -0.25) is 4.79 Å². The number of rotatable bonds is 6. The van der Waals surface area contributed by atoms with Crippen LogP contribution in [0.2, 0.25) is 0 Å². The second-order valence-electron chi connectivity index (χ2n) is 5.00. The van der Waals surface area contributed by atoms with Crippen molar-refractivity contribution in [1.29, 1.82) is 0 Å². The largest absolute Gasteiger partial charge is 0.356 e. The molecule has 21 heavy (non-hydrogen) atoms. The topological polar surface area (TPSA) is 85.8 Å². The first-order chi connectivity index (χ1) is 10.0. The third kappa shape index (κ3) is 3.68. The number of nitrogens with one attached hydrogen (secondary N) is 1. The zero-order chi connectivity index (χ0) is 15.4. The number of carbonyl (C=O) groups excluding carboxylic acids is 1. The molecule has 0 aliphatic rings. The minimum absolute atomic E-state index is 0.00418. The minimum atomic E-state index is 0.00418. The molecule has 0 atom stereocenters. The molecule has 0 radical (unpaired) electrons. The van der Waals surface area contributed by atoms with Crippen molar-refractivity contribution in [2.24, 2.45) is 5.73 Å². The van der Waals surface area contributed by atoms with E-state index >= 15 is 0 Å². The number of aromatic nitrogens is 3. The van der Waals surface area contributed by atoms with Gasteiger partial charge in [0.25, 0.3) is 0 Å². The fourth-order valence-electron chi connectivity index (χ4n) is 2.11. The van der Waals surface area contributed by atoms with Crippen LogP contribution in [0, 0.1) is 20.8 Å². The fourth-order valence-corrected chi connectivity index (χ4v) is 2.91. The number of amides is 1. The van der Waals surface area contributed by atoms with Crippen LogP contribution in [0.3, 0.4) is 0 Å². The standard InChI is InChI=1S/C14H21N5OS/c1-9-8-21-14(17-9)19-11(3)12(10(2)18-19)7-13(20)16-6-4-5-15/h8H,4-7,15H2,1-3H3,(H,16,20). The van der Waals surface area contributed by atoms with Gasteiger partial charge in [0, 0.05) is 23.2 Å². The summed E-state index contributed by atoms with van der Waals surface area (Å²) in [7, 11) is 0. The molecule has 0 aliphatic carbocycles.